The van der Waals surface area contributed by atoms with Crippen LogP contribution in [0, 0.1) is 11.8 Å². The summed E-state index contributed by atoms with van der Waals surface area (Å²) in [6.45, 7) is 0. The summed E-state index contributed by atoms with van der Waals surface area (Å²) in [5.41, 5.74) is 8.23. The van der Waals surface area contributed by atoms with Crippen LogP contribution in [-0.4, -0.2) is 4.37 Å². The average Bonchev–Trinajstić information content (AvgIpc) is 2.67. The van der Waals surface area contributed by atoms with Crippen LogP contribution in [0.3, 0.4) is 0 Å². The van der Waals surface area contributed by atoms with E-state index in [-0.39, 0.29) is 0 Å². The minimum atomic E-state index is 0.736. The standard InChI is InChI=1S/C11H8N2S/c12-11-3-1-2-9(6-11)4-5-10-7-13-14-8-10/h1-3,6-8H,12H2. The van der Waals surface area contributed by atoms with Crippen molar-refractivity contribution in [1.82, 2.24) is 4.37 Å². The highest BCUT2D eigenvalue weighted by Crippen LogP contribution is 2.05. The Balaban J connectivity index is 2.26. The molecule has 1 aromatic heterocycles. The fourth-order valence-corrected chi connectivity index (χ4v) is 1.50. The largest absolute Gasteiger partial charge is 0.399 e. The molecule has 1 heterocycles. The van der Waals surface area contributed by atoms with Crippen molar-refractivity contribution in [2.24, 2.45) is 0 Å². The first-order chi connectivity index (χ1) is 6.84. The molecule has 0 saturated carbocycles. The van der Waals surface area contributed by atoms with Crippen molar-refractivity contribution in [2.45, 2.75) is 0 Å². The van der Waals surface area contributed by atoms with Crippen LogP contribution in [0.25, 0.3) is 0 Å². The Morgan fingerprint density at radius 2 is 2.07 bits per heavy atom. The fraction of sp³-hybridized carbons (Fsp3) is 0. The third-order valence-corrected chi connectivity index (χ3v) is 2.26. The molecule has 0 unspecified atom stereocenters. The monoisotopic (exact) mass is 200 g/mol. The van der Waals surface area contributed by atoms with Crippen LogP contribution in [0.5, 0.6) is 0 Å². The first-order valence-electron chi connectivity index (χ1n) is 4.11. The summed E-state index contributed by atoms with van der Waals surface area (Å²) in [6, 6.07) is 7.53. The van der Waals surface area contributed by atoms with Crippen LogP contribution in [0.15, 0.2) is 35.8 Å². The SMILES string of the molecule is Nc1cccc(C#Cc2cnsc2)c1. The van der Waals surface area contributed by atoms with E-state index in [1.165, 1.54) is 11.5 Å². The van der Waals surface area contributed by atoms with Crippen LogP contribution < -0.4 is 5.73 Å². The topological polar surface area (TPSA) is 38.9 Å². The lowest BCUT2D eigenvalue weighted by Crippen LogP contribution is -1.84. The molecule has 0 amide bonds. The van der Waals surface area contributed by atoms with Crippen molar-refractivity contribution in [3.63, 3.8) is 0 Å². The van der Waals surface area contributed by atoms with Gasteiger partial charge < -0.3 is 5.73 Å². The molecule has 3 heteroatoms. The molecule has 2 rings (SSSR count). The minimum absolute atomic E-state index is 0.736. The van der Waals surface area contributed by atoms with Crippen molar-refractivity contribution in [3.05, 3.63) is 47.0 Å². The number of nitrogens with zero attached hydrogens (tertiary/aromatic N) is 1. The molecule has 2 nitrogen and oxygen atoms in total. The Morgan fingerprint density at radius 1 is 1.21 bits per heavy atom. The predicted octanol–water partition coefficient (Wildman–Crippen LogP) is 2.13. The van der Waals surface area contributed by atoms with Crippen molar-refractivity contribution in [3.8, 4) is 11.8 Å². The number of hydrogen-bond donors (Lipinski definition) is 1. The van der Waals surface area contributed by atoms with Gasteiger partial charge in [-0.25, -0.2) is 0 Å². The van der Waals surface area contributed by atoms with Crippen molar-refractivity contribution >= 4 is 17.2 Å². The van der Waals surface area contributed by atoms with E-state index in [2.05, 4.69) is 16.2 Å². The summed E-state index contributed by atoms with van der Waals surface area (Å²) < 4.78 is 3.97. The van der Waals surface area contributed by atoms with Crippen LogP contribution in [0.4, 0.5) is 5.69 Å². The molecular weight excluding hydrogens is 192 g/mol. The quantitative estimate of drug-likeness (QED) is 0.522. The lowest BCUT2D eigenvalue weighted by atomic mass is 10.2. The summed E-state index contributed by atoms with van der Waals surface area (Å²) >= 11 is 1.40. The molecule has 1 aromatic carbocycles. The van der Waals surface area contributed by atoms with Gasteiger partial charge in [-0.15, -0.1) is 0 Å². The lowest BCUT2D eigenvalue weighted by Gasteiger charge is -1.91. The van der Waals surface area contributed by atoms with E-state index in [9.17, 15) is 0 Å². The van der Waals surface area contributed by atoms with E-state index in [1.807, 2.05) is 29.6 Å². The molecule has 2 N–H and O–H groups in total. The Kier molecular flexibility index (Phi) is 2.48. The Bertz CT molecular complexity index is 477. The first-order valence-corrected chi connectivity index (χ1v) is 4.95. The molecule has 14 heavy (non-hydrogen) atoms. The number of aromatic nitrogens is 1. The smallest absolute Gasteiger partial charge is 0.0563 e. The van der Waals surface area contributed by atoms with E-state index in [1.54, 1.807) is 6.20 Å². The van der Waals surface area contributed by atoms with Crippen LogP contribution in [0.2, 0.25) is 0 Å². The van der Waals surface area contributed by atoms with E-state index >= 15 is 0 Å². The zero-order valence-corrected chi connectivity index (χ0v) is 8.21. The molecule has 0 aliphatic heterocycles. The second-order valence-electron chi connectivity index (χ2n) is 2.79. The van der Waals surface area contributed by atoms with Gasteiger partial charge in [-0.05, 0) is 29.7 Å². The summed E-state index contributed by atoms with van der Waals surface area (Å²) in [6.07, 6.45) is 1.75. The third kappa shape index (κ3) is 2.12. The van der Waals surface area contributed by atoms with Crippen molar-refractivity contribution in [2.75, 3.05) is 5.73 Å². The Hall–Kier alpha value is -1.79. The Morgan fingerprint density at radius 3 is 2.79 bits per heavy atom. The van der Waals surface area contributed by atoms with Gasteiger partial charge in [0.15, 0.2) is 0 Å². The van der Waals surface area contributed by atoms with Crippen LogP contribution in [-0.2, 0) is 0 Å². The second kappa shape index (κ2) is 3.95. The second-order valence-corrected chi connectivity index (χ2v) is 3.45. The van der Waals surface area contributed by atoms with Gasteiger partial charge in [-0.2, -0.15) is 4.37 Å². The molecule has 0 atom stereocenters. The lowest BCUT2D eigenvalue weighted by molar-refractivity contribution is 1.55. The highest BCUT2D eigenvalue weighted by molar-refractivity contribution is 7.03. The highest BCUT2D eigenvalue weighted by atomic mass is 32.1. The van der Waals surface area contributed by atoms with Gasteiger partial charge in [0, 0.05) is 16.6 Å². The van der Waals surface area contributed by atoms with Gasteiger partial charge in [0.05, 0.1) is 11.8 Å². The number of nitrogen functional groups attached to an aromatic ring is 1. The molecule has 0 aliphatic rings. The maximum Gasteiger partial charge on any atom is 0.0563 e. The summed E-state index contributed by atoms with van der Waals surface area (Å²) in [5.74, 6) is 6.04. The Labute approximate surface area is 86.6 Å². The van der Waals surface area contributed by atoms with Gasteiger partial charge in [0.1, 0.15) is 0 Å². The zero-order valence-electron chi connectivity index (χ0n) is 7.40. The molecule has 68 valence electrons. The normalized spacial score (nSPS) is 9.14. The maximum absolute atomic E-state index is 5.63. The first kappa shape index (κ1) is 8.79. The van der Waals surface area contributed by atoms with Crippen LogP contribution >= 0.6 is 11.5 Å². The van der Waals surface area contributed by atoms with E-state index in [0.717, 1.165) is 16.8 Å². The number of nitrogens with two attached hydrogens (primary N) is 1. The van der Waals surface area contributed by atoms with Gasteiger partial charge in [-0.1, -0.05) is 17.9 Å². The molecule has 0 bridgehead atoms. The van der Waals surface area contributed by atoms with Gasteiger partial charge in [0.2, 0.25) is 0 Å². The summed E-state index contributed by atoms with van der Waals surface area (Å²) in [4.78, 5) is 0. The molecule has 0 fully saturated rings. The highest BCUT2D eigenvalue weighted by Gasteiger charge is 1.88. The molecule has 2 aromatic rings. The molecule has 0 saturated heterocycles. The minimum Gasteiger partial charge on any atom is -0.399 e. The number of anilines is 1. The number of hydrogen-bond acceptors (Lipinski definition) is 3. The van der Waals surface area contributed by atoms with Crippen molar-refractivity contribution in [1.29, 1.82) is 0 Å². The van der Waals surface area contributed by atoms with E-state index in [4.69, 9.17) is 5.73 Å². The summed E-state index contributed by atoms with van der Waals surface area (Å²) in [5, 5.41) is 1.92. The van der Waals surface area contributed by atoms with Crippen LogP contribution in [0.1, 0.15) is 11.1 Å². The zero-order chi connectivity index (χ0) is 9.80. The van der Waals surface area contributed by atoms with Gasteiger partial charge in [-0.3, -0.25) is 0 Å². The van der Waals surface area contributed by atoms with E-state index < -0.39 is 0 Å². The van der Waals surface area contributed by atoms with Crippen molar-refractivity contribution < 1.29 is 0 Å². The van der Waals surface area contributed by atoms with Gasteiger partial charge in [0.25, 0.3) is 0 Å². The average molecular weight is 200 g/mol. The predicted molar refractivity (Wildman–Crippen MR) is 58.9 cm³/mol. The number of benzene rings is 1. The number of rotatable bonds is 0. The molecule has 0 radical (unpaired) electrons. The third-order valence-electron chi connectivity index (χ3n) is 1.67. The summed E-state index contributed by atoms with van der Waals surface area (Å²) in [7, 11) is 0. The molecular formula is C11H8N2S. The van der Waals surface area contributed by atoms with E-state index in [0.29, 0.717) is 0 Å². The van der Waals surface area contributed by atoms with Gasteiger partial charge >= 0.3 is 0 Å². The molecule has 0 spiro atoms. The molecule has 0 aliphatic carbocycles. The maximum atomic E-state index is 5.63. The fourth-order valence-electron chi connectivity index (χ4n) is 1.03.